The molecule has 1 aromatic rings. The molecule has 0 heterocycles. The zero-order valence-electron chi connectivity index (χ0n) is 13.4. The van der Waals surface area contributed by atoms with Crippen molar-refractivity contribution in [2.75, 3.05) is 0 Å². The van der Waals surface area contributed by atoms with Crippen molar-refractivity contribution in [1.82, 2.24) is 5.43 Å². The Balaban J connectivity index is 1.93. The molecule has 2 unspecified atom stereocenters. The van der Waals surface area contributed by atoms with Gasteiger partial charge in [0, 0.05) is 5.92 Å². The number of benzene rings is 1. The Hall–Kier alpha value is -1.68. The van der Waals surface area contributed by atoms with E-state index in [1.165, 1.54) is 23.1 Å². The topological polar surface area (TPSA) is 50.4 Å². The summed E-state index contributed by atoms with van der Waals surface area (Å²) in [6, 6.07) is 8.60. The number of nitrogens with zero attached hydrogens (tertiary/aromatic N) is 1. The Bertz CT molecular complexity index is 655. The molecular formula is C18H23N3S. The van der Waals surface area contributed by atoms with E-state index in [0.29, 0.717) is 11.3 Å². The summed E-state index contributed by atoms with van der Waals surface area (Å²) in [5.74, 6) is 1.24. The molecule has 0 aromatic heterocycles. The molecule has 22 heavy (non-hydrogen) atoms. The summed E-state index contributed by atoms with van der Waals surface area (Å²) >= 11 is 4.90. The maximum atomic E-state index is 5.54. The summed E-state index contributed by atoms with van der Waals surface area (Å²) in [6.07, 6.45) is 4.55. The number of thiocarbonyl (C=S) groups is 1. The molecule has 1 aromatic carbocycles. The number of nitrogens with two attached hydrogens (primary N) is 1. The molecule has 0 amide bonds. The van der Waals surface area contributed by atoms with Gasteiger partial charge in [0.25, 0.3) is 0 Å². The van der Waals surface area contributed by atoms with E-state index in [2.05, 4.69) is 61.6 Å². The van der Waals surface area contributed by atoms with Gasteiger partial charge in [-0.1, -0.05) is 43.7 Å². The minimum Gasteiger partial charge on any atom is -0.375 e. The van der Waals surface area contributed by atoms with Crippen molar-refractivity contribution >= 4 is 29.1 Å². The van der Waals surface area contributed by atoms with E-state index >= 15 is 0 Å². The number of hydrogen-bond donors (Lipinski definition) is 2. The zero-order chi connectivity index (χ0) is 15.9. The van der Waals surface area contributed by atoms with Crippen LogP contribution in [0.1, 0.15) is 37.8 Å². The van der Waals surface area contributed by atoms with Gasteiger partial charge in [0.05, 0.1) is 5.71 Å². The minimum atomic E-state index is 0.224. The van der Waals surface area contributed by atoms with Gasteiger partial charge < -0.3 is 5.73 Å². The van der Waals surface area contributed by atoms with Crippen LogP contribution in [0.4, 0.5) is 0 Å². The second-order valence-electron chi connectivity index (χ2n) is 7.06. The highest BCUT2D eigenvalue weighted by atomic mass is 32.1. The Morgan fingerprint density at radius 2 is 2.05 bits per heavy atom. The molecule has 2 bridgehead atoms. The smallest absolute Gasteiger partial charge is 0.184 e. The molecule has 3 saturated carbocycles. The number of hydrogen-bond acceptors (Lipinski definition) is 2. The Morgan fingerprint density at radius 1 is 1.36 bits per heavy atom. The minimum absolute atomic E-state index is 0.224. The van der Waals surface area contributed by atoms with E-state index < -0.39 is 0 Å². The van der Waals surface area contributed by atoms with Crippen LogP contribution in [0.2, 0.25) is 0 Å². The molecule has 0 spiro atoms. The first kappa shape index (κ1) is 15.2. The molecule has 0 saturated heterocycles. The van der Waals surface area contributed by atoms with Crippen molar-refractivity contribution in [2.24, 2.45) is 28.1 Å². The molecule has 4 rings (SSSR count). The van der Waals surface area contributed by atoms with Gasteiger partial charge in [0.2, 0.25) is 0 Å². The van der Waals surface area contributed by atoms with Crippen LogP contribution in [0.25, 0.3) is 6.08 Å². The van der Waals surface area contributed by atoms with E-state index in [-0.39, 0.29) is 5.11 Å². The third kappa shape index (κ3) is 2.68. The monoisotopic (exact) mass is 313 g/mol. The standard InChI is InChI=1S/C18H23N3S/c1-11-4-6-12(7-5-11)8-13-9-14-10-15(18(14,2)3)16(13)20-21-17(19)22/h4-8,14-15H,9-10H2,1-3H3,(H3,19,21,22). The highest BCUT2D eigenvalue weighted by Gasteiger charge is 2.54. The summed E-state index contributed by atoms with van der Waals surface area (Å²) < 4.78 is 0. The Morgan fingerprint density at radius 3 is 2.64 bits per heavy atom. The van der Waals surface area contributed by atoms with Crippen molar-refractivity contribution in [3.8, 4) is 0 Å². The Kier molecular flexibility index (Phi) is 3.81. The molecule has 2 atom stereocenters. The van der Waals surface area contributed by atoms with E-state index in [0.717, 1.165) is 18.1 Å². The lowest BCUT2D eigenvalue weighted by molar-refractivity contribution is 0.0141. The largest absolute Gasteiger partial charge is 0.375 e. The first-order chi connectivity index (χ1) is 10.4. The molecule has 116 valence electrons. The Labute approximate surface area is 137 Å². The van der Waals surface area contributed by atoms with Crippen molar-refractivity contribution in [2.45, 2.75) is 33.6 Å². The fourth-order valence-corrected chi connectivity index (χ4v) is 3.73. The van der Waals surface area contributed by atoms with Crippen LogP contribution >= 0.6 is 12.2 Å². The first-order valence-corrected chi connectivity index (χ1v) is 8.19. The van der Waals surface area contributed by atoms with Gasteiger partial charge in [-0.2, -0.15) is 5.10 Å². The third-order valence-electron chi connectivity index (χ3n) is 5.30. The maximum absolute atomic E-state index is 5.54. The third-order valence-corrected chi connectivity index (χ3v) is 5.39. The predicted molar refractivity (Wildman–Crippen MR) is 96.5 cm³/mol. The SMILES string of the molecule is Cc1ccc(C=C2CC3CC(C2=NNC(N)=S)C3(C)C)cc1. The molecule has 3 aliphatic carbocycles. The van der Waals surface area contributed by atoms with E-state index in [4.69, 9.17) is 18.0 Å². The normalized spacial score (nSPS) is 29.2. The first-order valence-electron chi connectivity index (χ1n) is 7.78. The van der Waals surface area contributed by atoms with Crippen molar-refractivity contribution in [3.63, 3.8) is 0 Å². The summed E-state index contributed by atoms with van der Waals surface area (Å²) in [5, 5.41) is 4.75. The number of allylic oxidation sites excluding steroid dienone is 1. The van der Waals surface area contributed by atoms with Gasteiger partial charge >= 0.3 is 0 Å². The van der Waals surface area contributed by atoms with Crippen molar-refractivity contribution in [3.05, 3.63) is 41.0 Å². The zero-order valence-corrected chi connectivity index (χ0v) is 14.2. The van der Waals surface area contributed by atoms with Gasteiger partial charge in [-0.05, 0) is 60.5 Å². The van der Waals surface area contributed by atoms with Crippen molar-refractivity contribution in [1.29, 1.82) is 0 Å². The average molecular weight is 313 g/mol. The molecule has 3 fully saturated rings. The lowest BCUT2D eigenvalue weighted by Gasteiger charge is -2.57. The second-order valence-corrected chi connectivity index (χ2v) is 7.50. The van der Waals surface area contributed by atoms with Gasteiger partial charge in [0.1, 0.15) is 0 Å². The molecule has 0 radical (unpaired) electrons. The van der Waals surface area contributed by atoms with Gasteiger partial charge in [-0.25, -0.2) is 0 Å². The van der Waals surface area contributed by atoms with Crippen LogP contribution < -0.4 is 11.2 Å². The number of hydrazone groups is 1. The van der Waals surface area contributed by atoms with E-state index in [1.807, 2.05) is 0 Å². The second kappa shape index (κ2) is 5.51. The fourth-order valence-electron chi connectivity index (χ4n) is 3.68. The number of fused-ring (bicyclic) bond motifs is 2. The highest BCUT2D eigenvalue weighted by molar-refractivity contribution is 7.80. The number of nitrogens with one attached hydrogen (secondary N) is 1. The van der Waals surface area contributed by atoms with Crippen LogP contribution in [-0.4, -0.2) is 10.8 Å². The lowest BCUT2D eigenvalue weighted by Crippen LogP contribution is -2.54. The molecule has 3 N–H and O–H groups in total. The van der Waals surface area contributed by atoms with E-state index in [1.54, 1.807) is 0 Å². The quantitative estimate of drug-likeness (QED) is 0.647. The van der Waals surface area contributed by atoms with Crippen LogP contribution in [-0.2, 0) is 0 Å². The molecule has 4 heteroatoms. The van der Waals surface area contributed by atoms with Gasteiger partial charge in [-0.15, -0.1) is 0 Å². The molecule has 3 nitrogen and oxygen atoms in total. The fraction of sp³-hybridized carbons (Fsp3) is 0.444. The van der Waals surface area contributed by atoms with Crippen LogP contribution in [0.5, 0.6) is 0 Å². The number of rotatable bonds is 2. The summed E-state index contributed by atoms with van der Waals surface area (Å²) in [6.45, 7) is 6.78. The maximum Gasteiger partial charge on any atom is 0.184 e. The molecule has 0 aliphatic heterocycles. The lowest BCUT2D eigenvalue weighted by atomic mass is 9.47. The highest BCUT2D eigenvalue weighted by Crippen LogP contribution is 2.59. The van der Waals surface area contributed by atoms with Gasteiger partial charge in [0.15, 0.2) is 5.11 Å². The average Bonchev–Trinajstić information content (AvgIpc) is 2.47. The molecule has 3 aliphatic rings. The summed E-state index contributed by atoms with van der Waals surface area (Å²) in [7, 11) is 0. The molecular weight excluding hydrogens is 290 g/mol. The summed E-state index contributed by atoms with van der Waals surface area (Å²) in [4.78, 5) is 0. The van der Waals surface area contributed by atoms with Crippen molar-refractivity contribution < 1.29 is 0 Å². The van der Waals surface area contributed by atoms with Crippen LogP contribution in [0, 0.1) is 24.2 Å². The van der Waals surface area contributed by atoms with E-state index in [9.17, 15) is 0 Å². The summed E-state index contributed by atoms with van der Waals surface area (Å²) in [5.41, 5.74) is 13.6. The van der Waals surface area contributed by atoms with Gasteiger partial charge in [-0.3, -0.25) is 5.43 Å². The van der Waals surface area contributed by atoms with Crippen LogP contribution in [0.15, 0.2) is 34.9 Å². The predicted octanol–water partition coefficient (Wildman–Crippen LogP) is 3.63. The van der Waals surface area contributed by atoms with Crippen LogP contribution in [0.3, 0.4) is 0 Å². The number of aryl methyl sites for hydroxylation is 1.